The molecule has 0 fully saturated rings. The normalized spacial score (nSPS) is 13.5. The maximum absolute atomic E-state index is 12.5. The molecule has 0 spiro atoms. The quantitative estimate of drug-likeness (QED) is 0.759. The largest absolute Gasteiger partial charge is 0.481 e. The molecular formula is C18H17NO5. The third-order valence-electron chi connectivity index (χ3n) is 3.74. The minimum Gasteiger partial charge on any atom is -0.481 e. The molecule has 6 heteroatoms. The van der Waals surface area contributed by atoms with Gasteiger partial charge in [-0.1, -0.05) is 36.4 Å². The number of carboxylic acid groups (broad SMARTS) is 1. The van der Waals surface area contributed by atoms with Crippen LogP contribution in [0.5, 0.6) is 11.5 Å². The van der Waals surface area contributed by atoms with E-state index in [-0.39, 0.29) is 19.0 Å². The second kappa shape index (κ2) is 7.14. The van der Waals surface area contributed by atoms with E-state index < -0.39 is 12.0 Å². The van der Waals surface area contributed by atoms with Crippen molar-refractivity contribution in [3.63, 3.8) is 0 Å². The molecule has 6 nitrogen and oxygen atoms in total. The van der Waals surface area contributed by atoms with Crippen LogP contribution >= 0.6 is 0 Å². The fourth-order valence-electron chi connectivity index (χ4n) is 2.53. The molecule has 1 unspecified atom stereocenters. The van der Waals surface area contributed by atoms with E-state index in [9.17, 15) is 9.59 Å². The van der Waals surface area contributed by atoms with E-state index in [0.29, 0.717) is 23.6 Å². The average molecular weight is 327 g/mol. The fourth-order valence-corrected chi connectivity index (χ4v) is 2.53. The summed E-state index contributed by atoms with van der Waals surface area (Å²) in [5.41, 5.74) is 1.37. The summed E-state index contributed by atoms with van der Waals surface area (Å²) in [6.07, 6.45) is -0.279. The summed E-state index contributed by atoms with van der Waals surface area (Å²) in [5.74, 6) is 0.0703. The molecule has 0 radical (unpaired) electrons. The van der Waals surface area contributed by atoms with Gasteiger partial charge in [-0.25, -0.2) is 0 Å². The summed E-state index contributed by atoms with van der Waals surface area (Å²) in [6, 6.07) is 13.3. The Morgan fingerprint density at radius 3 is 2.58 bits per heavy atom. The van der Waals surface area contributed by atoms with E-state index in [2.05, 4.69) is 5.32 Å². The van der Waals surface area contributed by atoms with Gasteiger partial charge in [0.2, 0.25) is 6.79 Å². The number of carboxylic acids is 1. The van der Waals surface area contributed by atoms with Crippen LogP contribution in [0.25, 0.3) is 0 Å². The molecule has 0 saturated carbocycles. The fraction of sp³-hybridized carbons (Fsp3) is 0.222. The number of fused-ring (bicyclic) bond motifs is 1. The minimum absolute atomic E-state index is 0.195. The predicted molar refractivity (Wildman–Crippen MR) is 86.2 cm³/mol. The lowest BCUT2D eigenvalue weighted by molar-refractivity contribution is -0.137. The van der Waals surface area contributed by atoms with Crippen LogP contribution in [-0.2, 0) is 11.3 Å². The van der Waals surface area contributed by atoms with E-state index in [0.717, 1.165) is 5.56 Å². The molecule has 2 N–H and O–H groups in total. The van der Waals surface area contributed by atoms with Crippen LogP contribution in [0.2, 0.25) is 0 Å². The first kappa shape index (κ1) is 16.0. The maximum atomic E-state index is 12.5. The molecule has 0 amide bonds. The second-order valence-electron chi connectivity index (χ2n) is 5.45. The number of nitrogens with one attached hydrogen (secondary N) is 1. The number of rotatable bonds is 7. The minimum atomic E-state index is -1.03. The molecule has 24 heavy (non-hydrogen) atoms. The van der Waals surface area contributed by atoms with Crippen molar-refractivity contribution in [1.29, 1.82) is 0 Å². The predicted octanol–water partition coefficient (Wildman–Crippen LogP) is 2.23. The summed E-state index contributed by atoms with van der Waals surface area (Å²) in [5, 5.41) is 12.1. The van der Waals surface area contributed by atoms with Gasteiger partial charge in [0.15, 0.2) is 17.3 Å². The van der Waals surface area contributed by atoms with Gasteiger partial charge in [-0.05, 0) is 17.7 Å². The Morgan fingerprint density at radius 1 is 1.08 bits per heavy atom. The molecule has 3 rings (SSSR count). The number of carbonyl (C=O) groups excluding carboxylic acids is 1. The van der Waals surface area contributed by atoms with Gasteiger partial charge in [0.1, 0.15) is 0 Å². The maximum Gasteiger partial charge on any atom is 0.305 e. The first-order chi connectivity index (χ1) is 11.6. The zero-order chi connectivity index (χ0) is 16.9. The van der Waals surface area contributed by atoms with E-state index in [1.165, 1.54) is 0 Å². The van der Waals surface area contributed by atoms with Gasteiger partial charge < -0.3 is 19.9 Å². The molecule has 1 atom stereocenters. The molecule has 0 bridgehead atoms. The Kier molecular flexibility index (Phi) is 4.77. The van der Waals surface area contributed by atoms with Crippen LogP contribution < -0.4 is 14.8 Å². The smallest absolute Gasteiger partial charge is 0.305 e. The number of Topliss-reactive ketones (excluding diaryl/α,β-unsaturated/α-hetero) is 1. The molecule has 124 valence electrons. The molecule has 0 aromatic heterocycles. The first-order valence-electron chi connectivity index (χ1n) is 7.56. The van der Waals surface area contributed by atoms with Gasteiger partial charge in [-0.3, -0.25) is 9.59 Å². The summed E-state index contributed by atoms with van der Waals surface area (Å²) in [4.78, 5) is 23.6. The number of aliphatic carboxylic acids is 1. The molecule has 1 aliphatic rings. The van der Waals surface area contributed by atoms with Gasteiger partial charge in [-0.15, -0.1) is 0 Å². The zero-order valence-electron chi connectivity index (χ0n) is 12.9. The highest BCUT2D eigenvalue weighted by atomic mass is 16.7. The summed E-state index contributed by atoms with van der Waals surface area (Å²) >= 11 is 0. The topological polar surface area (TPSA) is 84.9 Å². The number of ketones is 1. The van der Waals surface area contributed by atoms with Crippen LogP contribution in [0.15, 0.2) is 48.5 Å². The first-order valence-corrected chi connectivity index (χ1v) is 7.56. The average Bonchev–Trinajstić information content (AvgIpc) is 3.06. The van der Waals surface area contributed by atoms with Crippen LogP contribution in [0, 0.1) is 0 Å². The second-order valence-corrected chi connectivity index (χ2v) is 5.45. The van der Waals surface area contributed by atoms with Gasteiger partial charge in [0, 0.05) is 12.1 Å². The molecular weight excluding hydrogens is 310 g/mol. The number of carbonyl (C=O) groups is 2. The van der Waals surface area contributed by atoms with Crippen molar-refractivity contribution in [1.82, 2.24) is 5.32 Å². The SMILES string of the molecule is O=C(O)CC(NCc1ccc2c(c1)OCO2)C(=O)c1ccccc1. The number of ether oxygens (including phenoxy) is 2. The Morgan fingerprint density at radius 2 is 1.83 bits per heavy atom. The Hall–Kier alpha value is -2.86. The zero-order valence-corrected chi connectivity index (χ0v) is 12.9. The monoisotopic (exact) mass is 327 g/mol. The van der Waals surface area contributed by atoms with Gasteiger partial charge in [0.25, 0.3) is 0 Å². The molecule has 0 saturated heterocycles. The van der Waals surface area contributed by atoms with E-state index in [1.807, 2.05) is 18.2 Å². The lowest BCUT2D eigenvalue weighted by atomic mass is 10.0. The highest BCUT2D eigenvalue weighted by molar-refractivity contribution is 6.01. The molecule has 2 aromatic carbocycles. The molecule has 1 heterocycles. The van der Waals surface area contributed by atoms with Crippen molar-refractivity contribution in [2.24, 2.45) is 0 Å². The molecule has 2 aromatic rings. The lowest BCUT2D eigenvalue weighted by Crippen LogP contribution is -2.38. The van der Waals surface area contributed by atoms with Gasteiger partial charge >= 0.3 is 5.97 Å². The highest BCUT2D eigenvalue weighted by Crippen LogP contribution is 2.32. The third kappa shape index (κ3) is 3.72. The van der Waals surface area contributed by atoms with E-state index >= 15 is 0 Å². The standard InChI is InChI=1S/C18H17NO5/c20-17(21)9-14(18(22)13-4-2-1-3-5-13)19-10-12-6-7-15-16(8-12)24-11-23-15/h1-8,14,19H,9-11H2,(H,20,21). The highest BCUT2D eigenvalue weighted by Gasteiger charge is 2.23. The third-order valence-corrected chi connectivity index (χ3v) is 3.74. The number of hydrogen-bond donors (Lipinski definition) is 2. The van der Waals surface area contributed by atoms with Crippen LogP contribution in [0.4, 0.5) is 0 Å². The Balaban J connectivity index is 1.70. The van der Waals surface area contributed by atoms with Crippen molar-refractivity contribution < 1.29 is 24.2 Å². The van der Waals surface area contributed by atoms with Crippen LogP contribution in [0.3, 0.4) is 0 Å². The molecule has 0 aliphatic carbocycles. The number of hydrogen-bond acceptors (Lipinski definition) is 5. The van der Waals surface area contributed by atoms with Crippen molar-refractivity contribution >= 4 is 11.8 Å². The van der Waals surface area contributed by atoms with E-state index in [1.54, 1.807) is 30.3 Å². The Bertz CT molecular complexity index is 744. The van der Waals surface area contributed by atoms with Crippen LogP contribution in [-0.4, -0.2) is 29.7 Å². The van der Waals surface area contributed by atoms with Gasteiger partial charge in [0.05, 0.1) is 12.5 Å². The van der Waals surface area contributed by atoms with Crippen molar-refractivity contribution in [3.8, 4) is 11.5 Å². The lowest BCUT2D eigenvalue weighted by Gasteiger charge is -2.16. The molecule has 1 aliphatic heterocycles. The number of benzene rings is 2. The van der Waals surface area contributed by atoms with E-state index in [4.69, 9.17) is 14.6 Å². The summed E-state index contributed by atoms with van der Waals surface area (Å²) in [6.45, 7) is 0.549. The summed E-state index contributed by atoms with van der Waals surface area (Å²) < 4.78 is 10.6. The van der Waals surface area contributed by atoms with Gasteiger partial charge in [-0.2, -0.15) is 0 Å². The Labute approximate surface area is 139 Å². The van der Waals surface area contributed by atoms with Crippen LogP contribution in [0.1, 0.15) is 22.3 Å². The summed E-state index contributed by atoms with van der Waals surface area (Å²) in [7, 11) is 0. The van der Waals surface area contributed by atoms with Crippen molar-refractivity contribution in [3.05, 3.63) is 59.7 Å². The van der Waals surface area contributed by atoms with Crippen molar-refractivity contribution in [2.45, 2.75) is 19.0 Å². The van der Waals surface area contributed by atoms with Crippen molar-refractivity contribution in [2.75, 3.05) is 6.79 Å².